The van der Waals surface area contributed by atoms with Crippen LogP contribution in [-0.2, 0) is 6.54 Å². The van der Waals surface area contributed by atoms with Gasteiger partial charge in [-0.25, -0.2) is 0 Å². The molecule has 5 rings (SSSR count). The van der Waals surface area contributed by atoms with E-state index in [1.54, 1.807) is 35.2 Å². The van der Waals surface area contributed by atoms with E-state index >= 15 is 0 Å². The van der Waals surface area contributed by atoms with Gasteiger partial charge in [-0.2, -0.15) is 0 Å². The van der Waals surface area contributed by atoms with Crippen LogP contribution in [0.4, 0.5) is 11.4 Å². The van der Waals surface area contributed by atoms with E-state index in [2.05, 4.69) is 20.2 Å². The Balaban J connectivity index is 1.35. The summed E-state index contributed by atoms with van der Waals surface area (Å²) in [6, 6.07) is 18.0. The van der Waals surface area contributed by atoms with E-state index in [1.807, 2.05) is 43.3 Å². The molecule has 8 nitrogen and oxygen atoms in total. The number of anilines is 2. The molecule has 0 radical (unpaired) electrons. The molecule has 0 bridgehead atoms. The minimum atomic E-state index is -0.415. The summed E-state index contributed by atoms with van der Waals surface area (Å²) in [5.74, 6) is -0.366. The molecule has 1 fully saturated rings. The van der Waals surface area contributed by atoms with Gasteiger partial charge in [-0.15, -0.1) is 0 Å². The van der Waals surface area contributed by atoms with E-state index in [4.69, 9.17) is 0 Å². The summed E-state index contributed by atoms with van der Waals surface area (Å²) in [5, 5.41) is 2.72. The number of piperidine rings is 1. The van der Waals surface area contributed by atoms with Crippen molar-refractivity contribution in [2.75, 3.05) is 23.3 Å². The van der Waals surface area contributed by atoms with Crippen molar-refractivity contribution < 1.29 is 4.79 Å². The zero-order valence-corrected chi connectivity index (χ0v) is 20.7. The number of aromatic amines is 1. The van der Waals surface area contributed by atoms with Crippen LogP contribution >= 0.6 is 0 Å². The molecule has 8 heteroatoms. The van der Waals surface area contributed by atoms with Crippen molar-refractivity contribution in [1.29, 1.82) is 0 Å². The third-order valence-corrected chi connectivity index (χ3v) is 6.72. The predicted octanol–water partition coefficient (Wildman–Crippen LogP) is 4.20. The third kappa shape index (κ3) is 5.53. The van der Waals surface area contributed by atoms with Crippen molar-refractivity contribution in [1.82, 2.24) is 14.5 Å². The van der Waals surface area contributed by atoms with E-state index in [0.29, 0.717) is 23.2 Å². The Labute approximate surface area is 214 Å². The monoisotopic (exact) mass is 495 g/mol. The molecule has 4 heterocycles. The average molecular weight is 496 g/mol. The molecule has 3 aromatic heterocycles. The maximum atomic E-state index is 12.9. The van der Waals surface area contributed by atoms with E-state index in [-0.39, 0.29) is 17.2 Å². The number of pyridine rings is 3. The molecule has 2 N–H and O–H groups in total. The first-order chi connectivity index (χ1) is 18.0. The second-order valence-electron chi connectivity index (χ2n) is 9.31. The van der Waals surface area contributed by atoms with E-state index in [9.17, 15) is 14.4 Å². The number of nitrogens with one attached hydrogen (secondary N) is 2. The average Bonchev–Trinajstić information content (AvgIpc) is 2.93. The lowest BCUT2D eigenvalue weighted by molar-refractivity contribution is 0.102. The van der Waals surface area contributed by atoms with Crippen molar-refractivity contribution in [2.24, 2.45) is 0 Å². The molecule has 0 saturated carbocycles. The number of amides is 1. The van der Waals surface area contributed by atoms with Crippen LogP contribution in [-0.4, -0.2) is 33.5 Å². The number of H-pyrrole nitrogens is 1. The smallest absolute Gasteiger partial charge is 0.271 e. The highest BCUT2D eigenvalue weighted by atomic mass is 16.2. The fraction of sp³-hybridized carbons (Fsp3) is 0.241. The highest BCUT2D eigenvalue weighted by Gasteiger charge is 2.14. The summed E-state index contributed by atoms with van der Waals surface area (Å²) >= 11 is 0. The summed E-state index contributed by atoms with van der Waals surface area (Å²) in [5.41, 5.74) is 3.93. The van der Waals surface area contributed by atoms with E-state index in [1.165, 1.54) is 25.3 Å². The molecule has 1 aliphatic heterocycles. The van der Waals surface area contributed by atoms with Crippen molar-refractivity contribution in [3.63, 3.8) is 0 Å². The first-order valence-electron chi connectivity index (χ1n) is 12.5. The zero-order chi connectivity index (χ0) is 25.8. The van der Waals surface area contributed by atoms with Crippen LogP contribution in [0.2, 0.25) is 0 Å². The van der Waals surface area contributed by atoms with Crippen molar-refractivity contribution in [3.05, 3.63) is 111 Å². The summed E-state index contributed by atoms with van der Waals surface area (Å²) in [4.78, 5) is 47.5. The minimum Gasteiger partial charge on any atom is -0.372 e. The number of aryl methyl sites for hydroxylation is 1. The van der Waals surface area contributed by atoms with Crippen LogP contribution in [0.5, 0.6) is 0 Å². The molecular weight excluding hydrogens is 466 g/mol. The van der Waals surface area contributed by atoms with Crippen molar-refractivity contribution in [2.45, 2.75) is 32.7 Å². The molecule has 0 aliphatic carbocycles. The van der Waals surface area contributed by atoms with Crippen molar-refractivity contribution >= 4 is 17.3 Å². The van der Waals surface area contributed by atoms with Gasteiger partial charge in [-0.3, -0.25) is 19.4 Å². The summed E-state index contributed by atoms with van der Waals surface area (Å²) < 4.78 is 1.65. The van der Waals surface area contributed by atoms with Crippen LogP contribution in [0.25, 0.3) is 11.1 Å². The highest BCUT2D eigenvalue weighted by molar-refractivity contribution is 6.04. The molecule has 0 atom stereocenters. The number of nitrogens with zero attached hydrogens (tertiary/aromatic N) is 3. The van der Waals surface area contributed by atoms with Gasteiger partial charge in [0.2, 0.25) is 0 Å². The summed E-state index contributed by atoms with van der Waals surface area (Å²) in [6.07, 6.45) is 6.86. The molecule has 1 amide bonds. The molecule has 1 saturated heterocycles. The number of carbonyl (C=O) groups is 1. The Morgan fingerprint density at radius 3 is 2.46 bits per heavy atom. The molecular formula is C29H29N5O3. The summed E-state index contributed by atoms with van der Waals surface area (Å²) in [7, 11) is 0. The van der Waals surface area contributed by atoms with Gasteiger partial charge < -0.3 is 19.8 Å². The number of rotatable bonds is 6. The number of hydrogen-bond acceptors (Lipinski definition) is 5. The Hall–Kier alpha value is -4.46. The molecule has 0 spiro atoms. The molecule has 188 valence electrons. The molecule has 4 aromatic rings. The van der Waals surface area contributed by atoms with Gasteiger partial charge in [0.25, 0.3) is 17.0 Å². The lowest BCUT2D eigenvalue weighted by Crippen LogP contribution is -2.29. The van der Waals surface area contributed by atoms with Gasteiger partial charge in [0.15, 0.2) is 0 Å². The second kappa shape index (κ2) is 10.7. The fourth-order valence-corrected chi connectivity index (χ4v) is 4.67. The normalized spacial score (nSPS) is 13.4. The third-order valence-electron chi connectivity index (χ3n) is 6.72. The topological polar surface area (TPSA) is 100 Å². The van der Waals surface area contributed by atoms with Gasteiger partial charge >= 0.3 is 0 Å². The lowest BCUT2D eigenvalue weighted by Gasteiger charge is -2.28. The van der Waals surface area contributed by atoms with Gasteiger partial charge in [0.1, 0.15) is 5.69 Å². The van der Waals surface area contributed by atoms with E-state index < -0.39 is 5.56 Å². The Kier molecular flexibility index (Phi) is 6.98. The first kappa shape index (κ1) is 24.2. The second-order valence-corrected chi connectivity index (χ2v) is 9.31. The minimum absolute atomic E-state index is 0.123. The maximum Gasteiger partial charge on any atom is 0.271 e. The summed E-state index contributed by atoms with van der Waals surface area (Å²) in [6.45, 7) is 4.28. The molecule has 37 heavy (non-hydrogen) atoms. The number of aromatic nitrogens is 3. The first-order valence-corrected chi connectivity index (χ1v) is 12.5. The molecule has 0 unspecified atom stereocenters. The molecule has 1 aliphatic rings. The number of hydrogen-bond donors (Lipinski definition) is 2. The standard InChI is InChI=1S/C29H29N5O3/c1-20-15-22(17-27(35)34(20)19-24-7-3-4-12-30-24)23-16-26(29(37)31-18-23)32-28(36)21-8-10-25(11-9-21)33-13-5-2-6-14-33/h3-4,7-12,15-18H,2,5-6,13-14,19H2,1H3,(H,31,37)(H,32,36). The van der Waals surface area contributed by atoms with Crippen molar-refractivity contribution in [3.8, 4) is 11.1 Å². The Bertz CT molecular complexity index is 1520. The Morgan fingerprint density at radius 1 is 0.973 bits per heavy atom. The van der Waals surface area contributed by atoms with Gasteiger partial charge in [-0.05, 0) is 80.3 Å². The van der Waals surface area contributed by atoms with Crippen LogP contribution in [0.1, 0.15) is 41.0 Å². The van der Waals surface area contributed by atoms with Crippen LogP contribution in [0.3, 0.4) is 0 Å². The molecule has 1 aromatic carbocycles. The van der Waals surface area contributed by atoms with Crippen LogP contribution < -0.4 is 21.3 Å². The van der Waals surface area contributed by atoms with Crippen LogP contribution in [0.15, 0.2) is 82.6 Å². The van der Waals surface area contributed by atoms with Gasteiger partial charge in [0, 0.05) is 54.1 Å². The number of carbonyl (C=O) groups excluding carboxylic acids is 1. The lowest BCUT2D eigenvalue weighted by atomic mass is 10.1. The fourth-order valence-electron chi connectivity index (χ4n) is 4.67. The highest BCUT2D eigenvalue weighted by Crippen LogP contribution is 2.22. The SMILES string of the molecule is Cc1cc(-c2c[nH]c(=O)c(NC(=O)c3ccc(N4CCCCC4)cc3)c2)cc(=O)n1Cc1ccccn1. The maximum absolute atomic E-state index is 12.9. The Morgan fingerprint density at radius 2 is 1.76 bits per heavy atom. The predicted molar refractivity (Wildman–Crippen MR) is 145 cm³/mol. The van der Waals surface area contributed by atoms with Gasteiger partial charge in [-0.1, -0.05) is 6.07 Å². The van der Waals surface area contributed by atoms with Crippen LogP contribution in [0, 0.1) is 6.92 Å². The van der Waals surface area contributed by atoms with E-state index in [0.717, 1.165) is 30.2 Å². The number of benzene rings is 1. The zero-order valence-electron chi connectivity index (χ0n) is 20.7. The van der Waals surface area contributed by atoms with Gasteiger partial charge in [0.05, 0.1) is 12.2 Å². The largest absolute Gasteiger partial charge is 0.372 e. The quantitative estimate of drug-likeness (QED) is 0.418.